The molecule has 2 rings (SSSR count). The number of carbonyl (C=O) groups excluding carboxylic acids is 1. The van der Waals surface area contributed by atoms with Gasteiger partial charge in [-0.1, -0.05) is 17.7 Å². The van der Waals surface area contributed by atoms with Crippen molar-refractivity contribution in [3.05, 3.63) is 34.3 Å². The Morgan fingerprint density at radius 2 is 2.00 bits per heavy atom. The molecule has 1 saturated heterocycles. The van der Waals surface area contributed by atoms with Crippen molar-refractivity contribution < 1.29 is 9.63 Å². The fourth-order valence-electron chi connectivity index (χ4n) is 2.66. The topological polar surface area (TPSA) is 55.6 Å². The maximum absolute atomic E-state index is 11.9. The van der Waals surface area contributed by atoms with Gasteiger partial charge in [-0.05, 0) is 62.8 Å². The zero-order chi connectivity index (χ0) is 16.3. The summed E-state index contributed by atoms with van der Waals surface area (Å²) in [5.74, 6) is 0.264. The van der Waals surface area contributed by atoms with E-state index in [0.29, 0.717) is 12.5 Å². The van der Waals surface area contributed by atoms with Crippen LogP contribution in [0.3, 0.4) is 0 Å². The van der Waals surface area contributed by atoms with E-state index in [-0.39, 0.29) is 5.97 Å². The highest BCUT2D eigenvalue weighted by Crippen LogP contribution is 2.32. The number of hydrogen-bond donors (Lipinski definition) is 1. The molecule has 0 amide bonds. The molecule has 0 radical (unpaired) electrons. The van der Waals surface area contributed by atoms with Gasteiger partial charge in [-0.15, -0.1) is 5.06 Å². The third-order valence-electron chi connectivity index (χ3n) is 4.04. The van der Waals surface area contributed by atoms with Gasteiger partial charge in [0.2, 0.25) is 0 Å². The molecular formula is C17H25ClN2O2. The van der Waals surface area contributed by atoms with Crippen molar-refractivity contribution >= 4 is 17.6 Å². The Bertz CT molecular complexity index is 532. The molecule has 0 saturated carbocycles. The lowest BCUT2D eigenvalue weighted by atomic mass is 9.87. The average molecular weight is 325 g/mol. The van der Waals surface area contributed by atoms with E-state index in [1.165, 1.54) is 5.56 Å². The predicted octanol–water partition coefficient (Wildman–Crippen LogP) is 3.48. The summed E-state index contributed by atoms with van der Waals surface area (Å²) in [6, 6.07) is 5.94. The molecule has 1 fully saturated rings. The largest absolute Gasteiger partial charge is 0.367 e. The molecule has 22 heavy (non-hydrogen) atoms. The zero-order valence-electron chi connectivity index (χ0n) is 13.6. The number of carbonyl (C=O) groups is 1. The van der Waals surface area contributed by atoms with Crippen molar-refractivity contribution in [2.24, 2.45) is 11.1 Å². The molecule has 5 heteroatoms. The van der Waals surface area contributed by atoms with Crippen LogP contribution in [0.5, 0.6) is 0 Å². The minimum absolute atomic E-state index is 0.180. The first-order valence-electron chi connectivity index (χ1n) is 7.77. The van der Waals surface area contributed by atoms with Crippen LogP contribution in [0.1, 0.15) is 50.7 Å². The normalized spacial score (nSPS) is 17.5. The van der Waals surface area contributed by atoms with Crippen molar-refractivity contribution in [2.45, 2.75) is 46.1 Å². The number of nitrogens with two attached hydrogens (primary N) is 1. The number of hydroxylamine groups is 2. The Morgan fingerprint density at radius 3 is 2.55 bits per heavy atom. The van der Waals surface area contributed by atoms with E-state index in [9.17, 15) is 4.79 Å². The summed E-state index contributed by atoms with van der Waals surface area (Å²) in [7, 11) is 0. The first kappa shape index (κ1) is 17.3. The van der Waals surface area contributed by atoms with Gasteiger partial charge >= 0.3 is 5.97 Å². The molecule has 4 nitrogen and oxygen atoms in total. The Balaban J connectivity index is 1.96. The molecule has 0 atom stereocenters. The standard InChI is InChI=1S/C17H25ClN2O2/c1-17(2,3)16(21)22-20-8-6-12(7-9-20)15-5-4-14(18)10-13(15)11-19/h4-5,10,12H,6-9,11,19H2,1-3H3. The number of piperidine rings is 1. The van der Waals surface area contributed by atoms with Crippen LogP contribution in [0.15, 0.2) is 18.2 Å². The van der Waals surface area contributed by atoms with Crippen molar-refractivity contribution in [3.63, 3.8) is 0 Å². The number of rotatable bonds is 3. The smallest absolute Gasteiger partial charge is 0.330 e. The summed E-state index contributed by atoms with van der Waals surface area (Å²) in [4.78, 5) is 17.4. The van der Waals surface area contributed by atoms with E-state index in [1.807, 2.05) is 32.9 Å². The minimum Gasteiger partial charge on any atom is -0.367 e. The summed E-state index contributed by atoms with van der Waals surface area (Å²) < 4.78 is 0. The van der Waals surface area contributed by atoms with Crippen molar-refractivity contribution in [3.8, 4) is 0 Å². The van der Waals surface area contributed by atoms with Crippen LogP contribution in [0, 0.1) is 5.41 Å². The van der Waals surface area contributed by atoms with Gasteiger partial charge in [-0.25, -0.2) is 4.79 Å². The summed E-state index contributed by atoms with van der Waals surface area (Å²) in [5.41, 5.74) is 7.74. The van der Waals surface area contributed by atoms with Gasteiger partial charge in [0.1, 0.15) is 0 Å². The first-order chi connectivity index (χ1) is 10.3. The summed E-state index contributed by atoms with van der Waals surface area (Å²) in [6.07, 6.45) is 1.90. The van der Waals surface area contributed by atoms with Crippen LogP contribution in [0.2, 0.25) is 5.02 Å². The molecule has 2 N–H and O–H groups in total. The van der Waals surface area contributed by atoms with Crippen LogP contribution in [-0.4, -0.2) is 24.1 Å². The second-order valence-electron chi connectivity index (χ2n) is 6.88. The van der Waals surface area contributed by atoms with Gasteiger partial charge in [0.15, 0.2) is 0 Å². The highest BCUT2D eigenvalue weighted by molar-refractivity contribution is 6.30. The number of hydrogen-bond acceptors (Lipinski definition) is 4. The van der Waals surface area contributed by atoms with E-state index >= 15 is 0 Å². The summed E-state index contributed by atoms with van der Waals surface area (Å²) >= 11 is 6.04. The van der Waals surface area contributed by atoms with Crippen molar-refractivity contribution in [1.29, 1.82) is 0 Å². The average Bonchev–Trinajstić information content (AvgIpc) is 2.47. The molecular weight excluding hydrogens is 300 g/mol. The van der Waals surface area contributed by atoms with Crippen LogP contribution in [0.4, 0.5) is 0 Å². The van der Waals surface area contributed by atoms with E-state index in [1.54, 1.807) is 5.06 Å². The summed E-state index contributed by atoms with van der Waals surface area (Å²) in [6.45, 7) is 7.59. The zero-order valence-corrected chi connectivity index (χ0v) is 14.3. The van der Waals surface area contributed by atoms with Gasteiger partial charge in [-0.2, -0.15) is 0 Å². The fraction of sp³-hybridized carbons (Fsp3) is 0.588. The second-order valence-corrected chi connectivity index (χ2v) is 7.32. The second kappa shape index (κ2) is 6.99. The van der Waals surface area contributed by atoms with Gasteiger partial charge in [-0.3, -0.25) is 0 Å². The molecule has 0 aliphatic carbocycles. The van der Waals surface area contributed by atoms with Crippen LogP contribution < -0.4 is 5.73 Å². The van der Waals surface area contributed by atoms with Crippen molar-refractivity contribution in [1.82, 2.24) is 5.06 Å². The number of nitrogens with zero attached hydrogens (tertiary/aromatic N) is 1. The van der Waals surface area contributed by atoms with E-state index in [0.717, 1.165) is 36.5 Å². The molecule has 1 heterocycles. The van der Waals surface area contributed by atoms with Gasteiger partial charge in [0, 0.05) is 24.7 Å². The van der Waals surface area contributed by atoms with E-state index in [2.05, 4.69) is 6.07 Å². The molecule has 1 aromatic rings. The lowest BCUT2D eigenvalue weighted by Gasteiger charge is -2.33. The maximum atomic E-state index is 11.9. The Labute approximate surface area is 137 Å². The Morgan fingerprint density at radius 1 is 1.36 bits per heavy atom. The third kappa shape index (κ3) is 4.22. The molecule has 1 aromatic carbocycles. The molecule has 122 valence electrons. The van der Waals surface area contributed by atoms with Gasteiger partial charge < -0.3 is 10.6 Å². The van der Waals surface area contributed by atoms with Gasteiger partial charge in [0.25, 0.3) is 0 Å². The lowest BCUT2D eigenvalue weighted by Crippen LogP contribution is -2.38. The summed E-state index contributed by atoms with van der Waals surface area (Å²) in [5, 5.41) is 2.50. The Hall–Kier alpha value is -1.10. The molecule has 1 aliphatic heterocycles. The molecule has 0 spiro atoms. The number of benzene rings is 1. The highest BCUT2D eigenvalue weighted by Gasteiger charge is 2.29. The lowest BCUT2D eigenvalue weighted by molar-refractivity contribution is -0.204. The molecule has 1 aliphatic rings. The molecule has 0 unspecified atom stereocenters. The van der Waals surface area contributed by atoms with Gasteiger partial charge in [0.05, 0.1) is 5.41 Å². The van der Waals surface area contributed by atoms with E-state index < -0.39 is 5.41 Å². The van der Waals surface area contributed by atoms with Crippen LogP contribution in [-0.2, 0) is 16.2 Å². The minimum atomic E-state index is -0.472. The SMILES string of the molecule is CC(C)(C)C(=O)ON1CCC(c2ccc(Cl)cc2CN)CC1. The maximum Gasteiger partial charge on any atom is 0.330 e. The van der Waals surface area contributed by atoms with Crippen molar-refractivity contribution in [2.75, 3.05) is 13.1 Å². The highest BCUT2D eigenvalue weighted by atomic mass is 35.5. The number of halogens is 1. The van der Waals surface area contributed by atoms with Crippen LogP contribution >= 0.6 is 11.6 Å². The van der Waals surface area contributed by atoms with Crippen LogP contribution in [0.25, 0.3) is 0 Å². The third-order valence-corrected chi connectivity index (χ3v) is 4.28. The monoisotopic (exact) mass is 324 g/mol. The molecule has 0 bridgehead atoms. The molecule has 0 aromatic heterocycles. The Kier molecular flexibility index (Phi) is 5.48. The fourth-order valence-corrected chi connectivity index (χ4v) is 2.86. The quantitative estimate of drug-likeness (QED) is 0.924. The van der Waals surface area contributed by atoms with E-state index in [4.69, 9.17) is 22.2 Å². The first-order valence-corrected chi connectivity index (χ1v) is 8.15. The predicted molar refractivity (Wildman–Crippen MR) is 88.4 cm³/mol.